The van der Waals surface area contributed by atoms with Gasteiger partial charge in [-0.05, 0) is 44.2 Å². The molecule has 3 heterocycles. The summed E-state index contributed by atoms with van der Waals surface area (Å²) in [6.07, 6.45) is 0.906. The third-order valence-corrected chi connectivity index (χ3v) is 6.77. The average molecular weight is 462 g/mol. The van der Waals surface area contributed by atoms with Crippen molar-refractivity contribution in [1.82, 2.24) is 9.88 Å². The lowest BCUT2D eigenvalue weighted by molar-refractivity contribution is 0.0619. The van der Waals surface area contributed by atoms with Gasteiger partial charge in [0.15, 0.2) is 10.9 Å². The van der Waals surface area contributed by atoms with Gasteiger partial charge in [-0.25, -0.2) is 4.98 Å². The molecule has 8 heteroatoms. The topological polar surface area (TPSA) is 88.6 Å². The molecule has 1 aromatic heterocycles. The van der Waals surface area contributed by atoms with Crippen molar-refractivity contribution in [2.45, 2.75) is 38.8 Å². The number of thiazole rings is 1. The van der Waals surface area contributed by atoms with Gasteiger partial charge in [0.05, 0.1) is 24.2 Å². The molecule has 2 aliphatic rings. The summed E-state index contributed by atoms with van der Waals surface area (Å²) in [5.41, 5.74) is 1.82. The Morgan fingerprint density at radius 1 is 1.12 bits per heavy atom. The lowest BCUT2D eigenvalue weighted by Gasteiger charge is -2.31. The van der Waals surface area contributed by atoms with Crippen molar-refractivity contribution in [1.29, 1.82) is 0 Å². The van der Waals surface area contributed by atoms with Crippen LogP contribution in [0.2, 0.25) is 0 Å². The summed E-state index contributed by atoms with van der Waals surface area (Å²) < 4.78 is 5.86. The fourth-order valence-corrected chi connectivity index (χ4v) is 5.17. The number of benzene rings is 2. The molecule has 168 valence electrons. The summed E-state index contributed by atoms with van der Waals surface area (Å²) in [6.45, 7) is 4.79. The van der Waals surface area contributed by atoms with E-state index in [1.54, 1.807) is 23.1 Å². The molecule has 33 heavy (non-hydrogen) atoms. The molecular weight excluding hydrogens is 438 g/mol. The Morgan fingerprint density at radius 3 is 2.70 bits per heavy atom. The summed E-state index contributed by atoms with van der Waals surface area (Å²) in [5, 5.41) is 3.33. The van der Waals surface area contributed by atoms with E-state index in [0.717, 1.165) is 10.6 Å². The minimum absolute atomic E-state index is 0.00985. The Labute approximate surface area is 195 Å². The highest BCUT2D eigenvalue weighted by molar-refractivity contribution is 7.15. The number of rotatable bonds is 3. The second kappa shape index (κ2) is 8.12. The van der Waals surface area contributed by atoms with Crippen LogP contribution in [0.4, 0.5) is 5.13 Å². The number of ketones is 1. The molecule has 1 N–H and O–H groups in total. The molecule has 0 spiro atoms. The van der Waals surface area contributed by atoms with E-state index in [9.17, 15) is 14.4 Å². The van der Waals surface area contributed by atoms with Gasteiger partial charge in [-0.3, -0.25) is 19.7 Å². The number of aromatic nitrogens is 1. The maximum absolute atomic E-state index is 12.8. The van der Waals surface area contributed by atoms with Crippen LogP contribution in [0.25, 0.3) is 0 Å². The van der Waals surface area contributed by atoms with Crippen molar-refractivity contribution in [3.8, 4) is 5.75 Å². The van der Waals surface area contributed by atoms with E-state index in [0.29, 0.717) is 47.1 Å². The summed E-state index contributed by atoms with van der Waals surface area (Å²) in [5.74, 6) is 0.118. The first-order chi connectivity index (χ1) is 15.8. The number of amides is 2. The average Bonchev–Trinajstić information content (AvgIpc) is 3.19. The molecule has 0 atom stereocenters. The van der Waals surface area contributed by atoms with Crippen molar-refractivity contribution >= 4 is 34.1 Å². The van der Waals surface area contributed by atoms with Crippen molar-refractivity contribution in [2.75, 3.05) is 11.9 Å². The third-order valence-electron chi connectivity index (χ3n) is 5.77. The number of hydrogen-bond donors (Lipinski definition) is 1. The first kappa shape index (κ1) is 21.3. The Balaban J connectivity index is 1.30. The van der Waals surface area contributed by atoms with Gasteiger partial charge in [-0.15, -0.1) is 0 Å². The number of hydrogen-bond acceptors (Lipinski definition) is 6. The molecule has 2 amide bonds. The summed E-state index contributed by atoms with van der Waals surface area (Å²) in [7, 11) is 0. The fraction of sp³-hybridized carbons (Fsp3) is 0.280. The van der Waals surface area contributed by atoms with E-state index in [4.69, 9.17) is 4.74 Å². The summed E-state index contributed by atoms with van der Waals surface area (Å²) >= 11 is 1.38. The number of fused-ring (bicyclic) bond motifs is 2. The number of nitrogens with one attached hydrogen (secondary N) is 1. The Hall–Kier alpha value is -3.52. The number of ether oxygens (including phenoxy) is 1. The zero-order chi connectivity index (χ0) is 23.2. The molecule has 0 saturated heterocycles. The first-order valence-electron chi connectivity index (χ1n) is 10.8. The van der Waals surface area contributed by atoms with Crippen LogP contribution in [-0.2, 0) is 13.0 Å². The van der Waals surface area contributed by atoms with Gasteiger partial charge in [-0.1, -0.05) is 29.5 Å². The van der Waals surface area contributed by atoms with E-state index in [2.05, 4.69) is 10.3 Å². The number of anilines is 1. The molecule has 2 aromatic carbocycles. The largest absolute Gasteiger partial charge is 0.487 e. The van der Waals surface area contributed by atoms with Crippen LogP contribution in [0.3, 0.4) is 0 Å². The quantitative estimate of drug-likeness (QED) is 0.627. The molecule has 0 saturated carbocycles. The normalized spacial score (nSPS) is 16.4. The molecule has 3 aromatic rings. The van der Waals surface area contributed by atoms with E-state index in [1.165, 1.54) is 11.3 Å². The number of carbonyl (C=O) groups excluding carboxylic acids is 3. The molecule has 0 bridgehead atoms. The molecule has 0 unspecified atom stereocenters. The van der Waals surface area contributed by atoms with E-state index in [-0.39, 0.29) is 24.0 Å². The standard InChI is InChI=1S/C25H23N3O4S/c1-25(2)13-19(29)17-12-16(8-9-20(17)32-25)22(30)27-24-26-18-10-11-28(14-21(18)33-24)23(31)15-6-4-3-5-7-15/h3-9,12H,10-11,13-14H2,1-2H3,(H,26,27,30). The summed E-state index contributed by atoms with van der Waals surface area (Å²) in [6, 6.07) is 14.1. The monoisotopic (exact) mass is 461 g/mol. The fourth-order valence-electron chi connectivity index (χ4n) is 4.15. The number of nitrogens with zero attached hydrogens (tertiary/aromatic N) is 2. The predicted molar refractivity (Wildman–Crippen MR) is 125 cm³/mol. The van der Waals surface area contributed by atoms with E-state index in [1.807, 2.05) is 44.2 Å². The van der Waals surface area contributed by atoms with Crippen LogP contribution in [0.5, 0.6) is 5.75 Å². The van der Waals surface area contributed by atoms with Gasteiger partial charge >= 0.3 is 0 Å². The molecule has 0 fully saturated rings. The van der Waals surface area contributed by atoms with Gasteiger partial charge in [0.25, 0.3) is 11.8 Å². The van der Waals surface area contributed by atoms with Crippen LogP contribution in [0, 0.1) is 0 Å². The second-order valence-corrected chi connectivity index (χ2v) is 9.94. The first-order valence-corrected chi connectivity index (χ1v) is 11.6. The maximum Gasteiger partial charge on any atom is 0.257 e. The minimum atomic E-state index is -0.552. The van der Waals surface area contributed by atoms with Crippen LogP contribution in [0.15, 0.2) is 48.5 Å². The van der Waals surface area contributed by atoms with Crippen molar-refractivity contribution in [3.63, 3.8) is 0 Å². The van der Waals surface area contributed by atoms with Gasteiger partial charge < -0.3 is 9.64 Å². The van der Waals surface area contributed by atoms with Crippen LogP contribution in [-0.4, -0.2) is 39.6 Å². The SMILES string of the molecule is CC1(C)CC(=O)c2cc(C(=O)Nc3nc4c(s3)CN(C(=O)c3ccccc3)CC4)ccc2O1. The highest BCUT2D eigenvalue weighted by atomic mass is 32.1. The van der Waals surface area contributed by atoms with Crippen molar-refractivity contribution in [2.24, 2.45) is 0 Å². The van der Waals surface area contributed by atoms with Gasteiger partial charge in [0.1, 0.15) is 11.4 Å². The van der Waals surface area contributed by atoms with Crippen LogP contribution < -0.4 is 10.1 Å². The van der Waals surface area contributed by atoms with Gasteiger partial charge in [-0.2, -0.15) is 0 Å². The number of carbonyl (C=O) groups is 3. The predicted octanol–water partition coefficient (Wildman–Crippen LogP) is 4.34. The summed E-state index contributed by atoms with van der Waals surface area (Å²) in [4.78, 5) is 45.4. The smallest absolute Gasteiger partial charge is 0.257 e. The molecule has 0 aliphatic carbocycles. The zero-order valence-corrected chi connectivity index (χ0v) is 19.2. The van der Waals surface area contributed by atoms with E-state index < -0.39 is 5.60 Å². The molecule has 2 aliphatic heterocycles. The maximum atomic E-state index is 12.8. The number of Topliss-reactive ketones (excluding diaryl/α,β-unsaturated/α-hetero) is 1. The van der Waals surface area contributed by atoms with Crippen molar-refractivity contribution < 1.29 is 19.1 Å². The van der Waals surface area contributed by atoms with Crippen LogP contribution in [0.1, 0.15) is 61.9 Å². The molecule has 0 radical (unpaired) electrons. The van der Waals surface area contributed by atoms with E-state index >= 15 is 0 Å². The lowest BCUT2D eigenvalue weighted by Crippen LogP contribution is -2.36. The second-order valence-electron chi connectivity index (χ2n) is 8.86. The Bertz CT molecular complexity index is 1270. The molecule has 5 rings (SSSR count). The Kier molecular flexibility index (Phi) is 5.25. The highest BCUT2D eigenvalue weighted by Crippen LogP contribution is 2.34. The molecular formula is C25H23N3O4S. The Morgan fingerprint density at radius 2 is 1.91 bits per heavy atom. The zero-order valence-electron chi connectivity index (χ0n) is 18.4. The molecule has 7 nitrogen and oxygen atoms in total. The highest BCUT2D eigenvalue weighted by Gasteiger charge is 2.33. The minimum Gasteiger partial charge on any atom is -0.487 e. The third kappa shape index (κ3) is 4.26. The van der Waals surface area contributed by atoms with Crippen LogP contribution >= 0.6 is 11.3 Å². The lowest BCUT2D eigenvalue weighted by atomic mass is 9.92. The van der Waals surface area contributed by atoms with Crippen molar-refractivity contribution in [3.05, 3.63) is 75.8 Å². The van der Waals surface area contributed by atoms with Gasteiger partial charge in [0.2, 0.25) is 0 Å². The van der Waals surface area contributed by atoms with Gasteiger partial charge in [0, 0.05) is 29.0 Å².